The molecule has 2 rings (SSSR count). The summed E-state index contributed by atoms with van der Waals surface area (Å²) in [7, 11) is 0. The second kappa shape index (κ2) is 6.68. The molecule has 19 heavy (non-hydrogen) atoms. The lowest BCUT2D eigenvalue weighted by Gasteiger charge is -2.31. The highest BCUT2D eigenvalue weighted by Gasteiger charge is 2.26. The Labute approximate surface area is 113 Å². The summed E-state index contributed by atoms with van der Waals surface area (Å²) in [6.45, 7) is 2.90. The van der Waals surface area contributed by atoms with Crippen LogP contribution in [0.1, 0.15) is 29.6 Å². The SMILES string of the molecule is O=C(c1ccccc1O)C1CCN(CCCO)CC1. The van der Waals surface area contributed by atoms with E-state index in [9.17, 15) is 9.90 Å². The molecule has 1 fully saturated rings. The van der Waals surface area contributed by atoms with E-state index in [4.69, 9.17) is 5.11 Å². The van der Waals surface area contributed by atoms with E-state index in [-0.39, 0.29) is 24.1 Å². The number of aromatic hydroxyl groups is 1. The van der Waals surface area contributed by atoms with Crippen molar-refractivity contribution in [1.82, 2.24) is 4.90 Å². The van der Waals surface area contributed by atoms with E-state index in [2.05, 4.69) is 4.90 Å². The molecule has 0 spiro atoms. The van der Waals surface area contributed by atoms with Gasteiger partial charge in [0.1, 0.15) is 5.75 Å². The fourth-order valence-electron chi connectivity index (χ4n) is 2.61. The van der Waals surface area contributed by atoms with Gasteiger partial charge < -0.3 is 15.1 Å². The minimum absolute atomic E-state index is 0.0127. The van der Waals surface area contributed by atoms with Crippen LogP contribution in [0.25, 0.3) is 0 Å². The van der Waals surface area contributed by atoms with Crippen molar-refractivity contribution in [3.8, 4) is 5.75 Å². The molecule has 0 saturated carbocycles. The minimum Gasteiger partial charge on any atom is -0.507 e. The molecule has 2 N–H and O–H groups in total. The molecule has 1 aromatic carbocycles. The zero-order valence-corrected chi connectivity index (χ0v) is 11.1. The smallest absolute Gasteiger partial charge is 0.169 e. The number of carbonyl (C=O) groups excluding carboxylic acids is 1. The van der Waals surface area contributed by atoms with Crippen LogP contribution in [0.3, 0.4) is 0 Å². The van der Waals surface area contributed by atoms with Gasteiger partial charge in [-0.1, -0.05) is 12.1 Å². The average molecular weight is 263 g/mol. The van der Waals surface area contributed by atoms with Gasteiger partial charge in [-0.3, -0.25) is 4.79 Å². The van der Waals surface area contributed by atoms with Crippen LogP contribution < -0.4 is 0 Å². The number of Topliss-reactive ketones (excluding diaryl/α,β-unsaturated/α-hetero) is 1. The average Bonchev–Trinajstić information content (AvgIpc) is 2.45. The topological polar surface area (TPSA) is 60.8 Å². The number of phenols is 1. The summed E-state index contributed by atoms with van der Waals surface area (Å²) in [5.41, 5.74) is 0.441. The summed E-state index contributed by atoms with van der Waals surface area (Å²) in [4.78, 5) is 14.6. The summed E-state index contributed by atoms with van der Waals surface area (Å²) in [5, 5.41) is 18.5. The number of carbonyl (C=O) groups is 1. The number of hydrogen-bond donors (Lipinski definition) is 2. The summed E-state index contributed by atoms with van der Waals surface area (Å²) in [6.07, 6.45) is 2.45. The van der Waals surface area contributed by atoms with Gasteiger partial charge >= 0.3 is 0 Å². The number of phenolic OH excluding ortho intramolecular Hbond substituents is 1. The predicted octanol–water partition coefficient (Wildman–Crippen LogP) is 1.67. The Morgan fingerprint density at radius 2 is 1.95 bits per heavy atom. The zero-order chi connectivity index (χ0) is 13.7. The third-order valence-electron chi connectivity index (χ3n) is 3.76. The Morgan fingerprint density at radius 1 is 1.26 bits per heavy atom. The second-order valence-electron chi connectivity index (χ2n) is 5.07. The van der Waals surface area contributed by atoms with Crippen LogP contribution >= 0.6 is 0 Å². The van der Waals surface area contributed by atoms with Crippen molar-refractivity contribution in [2.24, 2.45) is 5.92 Å². The first-order valence-corrected chi connectivity index (χ1v) is 6.88. The monoisotopic (exact) mass is 263 g/mol. The van der Waals surface area contributed by atoms with Crippen LogP contribution in [-0.2, 0) is 0 Å². The molecule has 0 aromatic heterocycles. The Hall–Kier alpha value is -1.39. The molecule has 0 radical (unpaired) electrons. The highest BCUT2D eigenvalue weighted by molar-refractivity contribution is 6.00. The number of rotatable bonds is 5. The number of ketones is 1. The molecular formula is C15H21NO3. The maximum atomic E-state index is 12.3. The van der Waals surface area contributed by atoms with Gasteiger partial charge in [-0.2, -0.15) is 0 Å². The van der Waals surface area contributed by atoms with E-state index in [0.29, 0.717) is 5.56 Å². The van der Waals surface area contributed by atoms with Gasteiger partial charge in [0.05, 0.1) is 5.56 Å². The molecular weight excluding hydrogens is 242 g/mol. The molecule has 1 aliphatic rings. The summed E-state index contributed by atoms with van der Waals surface area (Å²) in [6, 6.07) is 6.76. The molecule has 0 bridgehead atoms. The minimum atomic E-state index is 0.0127. The van der Waals surface area contributed by atoms with Gasteiger partial charge in [0.15, 0.2) is 5.78 Å². The second-order valence-corrected chi connectivity index (χ2v) is 5.07. The summed E-state index contributed by atoms with van der Waals surface area (Å²) >= 11 is 0. The van der Waals surface area contributed by atoms with E-state index in [0.717, 1.165) is 38.9 Å². The highest BCUT2D eigenvalue weighted by Crippen LogP contribution is 2.26. The van der Waals surface area contributed by atoms with Crippen molar-refractivity contribution in [1.29, 1.82) is 0 Å². The van der Waals surface area contributed by atoms with Crippen molar-refractivity contribution in [3.05, 3.63) is 29.8 Å². The number of nitrogens with zero attached hydrogens (tertiary/aromatic N) is 1. The number of hydrogen-bond acceptors (Lipinski definition) is 4. The van der Waals surface area contributed by atoms with Gasteiger partial charge in [-0.25, -0.2) is 0 Å². The predicted molar refractivity (Wildman–Crippen MR) is 73.3 cm³/mol. The lowest BCUT2D eigenvalue weighted by Crippen LogP contribution is -2.37. The van der Waals surface area contributed by atoms with Crippen LogP contribution in [0.15, 0.2) is 24.3 Å². The molecule has 104 valence electrons. The highest BCUT2D eigenvalue weighted by atomic mass is 16.3. The maximum absolute atomic E-state index is 12.3. The number of para-hydroxylation sites is 1. The first-order valence-electron chi connectivity index (χ1n) is 6.88. The Balaban J connectivity index is 1.91. The normalized spacial score (nSPS) is 17.5. The van der Waals surface area contributed by atoms with Crippen molar-refractivity contribution in [3.63, 3.8) is 0 Å². The maximum Gasteiger partial charge on any atom is 0.169 e. The van der Waals surface area contributed by atoms with Gasteiger partial charge in [0.25, 0.3) is 0 Å². The van der Waals surface area contributed by atoms with Crippen LogP contribution in [0, 0.1) is 5.92 Å². The standard InChI is InChI=1S/C15H21NO3/c17-11-3-8-16-9-6-12(7-10-16)15(19)13-4-1-2-5-14(13)18/h1-2,4-5,12,17-18H,3,6-11H2. The third kappa shape index (κ3) is 3.55. The van der Waals surface area contributed by atoms with E-state index in [1.54, 1.807) is 24.3 Å². The van der Waals surface area contributed by atoms with Crippen molar-refractivity contribution >= 4 is 5.78 Å². The van der Waals surface area contributed by atoms with E-state index in [1.165, 1.54) is 0 Å². The quantitative estimate of drug-likeness (QED) is 0.793. The lowest BCUT2D eigenvalue weighted by atomic mass is 9.88. The van der Waals surface area contributed by atoms with Gasteiger partial charge in [-0.15, -0.1) is 0 Å². The summed E-state index contributed by atoms with van der Waals surface area (Å²) in [5.74, 6) is 0.147. The fourth-order valence-corrected chi connectivity index (χ4v) is 2.61. The molecule has 4 nitrogen and oxygen atoms in total. The Bertz CT molecular complexity index is 425. The lowest BCUT2D eigenvalue weighted by molar-refractivity contribution is 0.0831. The molecule has 1 aliphatic heterocycles. The first kappa shape index (κ1) is 14.0. The Kier molecular flexibility index (Phi) is 4.93. The van der Waals surface area contributed by atoms with Gasteiger partial charge in [0, 0.05) is 19.1 Å². The van der Waals surface area contributed by atoms with Crippen LogP contribution in [0.2, 0.25) is 0 Å². The Morgan fingerprint density at radius 3 is 2.58 bits per heavy atom. The molecule has 1 aromatic rings. The van der Waals surface area contributed by atoms with Gasteiger partial charge in [-0.05, 0) is 44.5 Å². The van der Waals surface area contributed by atoms with Crippen molar-refractivity contribution < 1.29 is 15.0 Å². The van der Waals surface area contributed by atoms with Crippen LogP contribution in [0.4, 0.5) is 0 Å². The number of aliphatic hydroxyl groups is 1. The van der Waals surface area contributed by atoms with E-state index in [1.807, 2.05) is 0 Å². The number of benzene rings is 1. The molecule has 0 aliphatic carbocycles. The first-order chi connectivity index (χ1) is 9.22. The molecule has 0 amide bonds. The van der Waals surface area contributed by atoms with E-state index < -0.39 is 0 Å². The molecule has 0 unspecified atom stereocenters. The number of piperidine rings is 1. The van der Waals surface area contributed by atoms with Crippen molar-refractivity contribution in [2.45, 2.75) is 19.3 Å². The zero-order valence-electron chi connectivity index (χ0n) is 11.1. The molecule has 1 saturated heterocycles. The molecule has 4 heteroatoms. The summed E-state index contributed by atoms with van der Waals surface area (Å²) < 4.78 is 0. The molecule has 0 atom stereocenters. The van der Waals surface area contributed by atoms with Crippen LogP contribution in [-0.4, -0.2) is 47.1 Å². The number of aliphatic hydroxyl groups excluding tert-OH is 1. The van der Waals surface area contributed by atoms with Crippen LogP contribution in [0.5, 0.6) is 5.75 Å². The third-order valence-corrected chi connectivity index (χ3v) is 3.76. The largest absolute Gasteiger partial charge is 0.507 e. The molecule has 1 heterocycles. The fraction of sp³-hybridized carbons (Fsp3) is 0.533. The van der Waals surface area contributed by atoms with Gasteiger partial charge in [0.2, 0.25) is 0 Å². The number of likely N-dealkylation sites (tertiary alicyclic amines) is 1. The van der Waals surface area contributed by atoms with Crippen molar-refractivity contribution in [2.75, 3.05) is 26.2 Å². The van der Waals surface area contributed by atoms with E-state index >= 15 is 0 Å².